The second kappa shape index (κ2) is 8.46. The molecule has 0 aliphatic carbocycles. The van der Waals surface area contributed by atoms with Gasteiger partial charge in [-0.05, 0) is 44.5 Å². The number of sulfonamides is 1. The van der Waals surface area contributed by atoms with Crippen molar-refractivity contribution in [3.63, 3.8) is 0 Å². The Hall–Kier alpha value is -1.90. The van der Waals surface area contributed by atoms with Crippen molar-refractivity contribution in [3.05, 3.63) is 29.3 Å². The van der Waals surface area contributed by atoms with Crippen molar-refractivity contribution >= 4 is 10.0 Å². The van der Waals surface area contributed by atoms with Crippen molar-refractivity contribution in [2.45, 2.75) is 43.7 Å². The molecule has 0 aromatic heterocycles. The topological polar surface area (TPSA) is 99.2 Å². The molecule has 1 saturated heterocycles. The molecular formula is C18H24N4O2S. The van der Waals surface area contributed by atoms with E-state index in [0.29, 0.717) is 37.1 Å². The van der Waals surface area contributed by atoms with Crippen LogP contribution in [0.4, 0.5) is 0 Å². The van der Waals surface area contributed by atoms with E-state index in [4.69, 9.17) is 5.73 Å². The molecule has 1 atom stereocenters. The molecule has 2 rings (SSSR count). The molecule has 0 bridgehead atoms. The third-order valence-corrected chi connectivity index (χ3v) is 6.08. The normalized spacial score (nSPS) is 17.4. The van der Waals surface area contributed by atoms with Gasteiger partial charge in [0.1, 0.15) is 6.07 Å². The van der Waals surface area contributed by atoms with Gasteiger partial charge in [-0.1, -0.05) is 18.8 Å². The summed E-state index contributed by atoms with van der Waals surface area (Å²) in [5.74, 6) is 5.93. The molecule has 1 aromatic rings. The summed E-state index contributed by atoms with van der Waals surface area (Å²) in [5, 5.41) is 12.4. The predicted molar refractivity (Wildman–Crippen MR) is 97.1 cm³/mol. The summed E-state index contributed by atoms with van der Waals surface area (Å²) < 4.78 is 27.1. The standard InChI is InChI=1S/C18H24N4O2S/c1-3-21-14(2)4-5-15-12-18(7-6-16(15)13-19)25(23,24)22-10-8-17(20)9-11-22/h6-7,12,14,17,21H,3,8-11,20H2,1-2H3. The lowest BCUT2D eigenvalue weighted by molar-refractivity contribution is 0.320. The van der Waals surface area contributed by atoms with E-state index in [0.717, 1.165) is 6.54 Å². The van der Waals surface area contributed by atoms with Crippen LogP contribution in [0.3, 0.4) is 0 Å². The van der Waals surface area contributed by atoms with Gasteiger partial charge >= 0.3 is 0 Å². The van der Waals surface area contributed by atoms with Crippen molar-refractivity contribution in [2.24, 2.45) is 5.73 Å². The average molecular weight is 360 g/mol. The number of hydrogen-bond donors (Lipinski definition) is 2. The van der Waals surface area contributed by atoms with Crippen LogP contribution in [0.2, 0.25) is 0 Å². The summed E-state index contributed by atoms with van der Waals surface area (Å²) >= 11 is 0. The SMILES string of the molecule is CCNC(C)C#Cc1cc(S(=O)(=O)N2CCC(N)CC2)ccc1C#N. The van der Waals surface area contributed by atoms with Gasteiger partial charge in [-0.15, -0.1) is 0 Å². The van der Waals surface area contributed by atoms with E-state index in [1.165, 1.54) is 22.5 Å². The largest absolute Gasteiger partial charge is 0.328 e. The van der Waals surface area contributed by atoms with Crippen LogP contribution in [0, 0.1) is 23.2 Å². The van der Waals surface area contributed by atoms with Gasteiger partial charge in [-0.3, -0.25) is 0 Å². The molecule has 1 aromatic carbocycles. The number of nitrogens with two attached hydrogens (primary N) is 1. The molecule has 25 heavy (non-hydrogen) atoms. The highest BCUT2D eigenvalue weighted by Crippen LogP contribution is 2.22. The molecule has 0 amide bonds. The van der Waals surface area contributed by atoms with Gasteiger partial charge in [0.05, 0.1) is 16.5 Å². The lowest BCUT2D eigenvalue weighted by Gasteiger charge is -2.29. The smallest absolute Gasteiger partial charge is 0.243 e. The Morgan fingerprint density at radius 2 is 2.04 bits per heavy atom. The minimum atomic E-state index is -3.60. The van der Waals surface area contributed by atoms with Gasteiger partial charge in [0.15, 0.2) is 0 Å². The minimum absolute atomic E-state index is 0.0413. The van der Waals surface area contributed by atoms with Crippen LogP contribution in [0.25, 0.3) is 0 Å². The zero-order valence-corrected chi connectivity index (χ0v) is 15.4. The van der Waals surface area contributed by atoms with Crippen LogP contribution >= 0.6 is 0 Å². The minimum Gasteiger partial charge on any atom is -0.328 e. The summed E-state index contributed by atoms with van der Waals surface area (Å²) in [6, 6.07) is 6.57. The highest BCUT2D eigenvalue weighted by Gasteiger charge is 2.28. The molecular weight excluding hydrogens is 336 g/mol. The van der Waals surface area contributed by atoms with Crippen LogP contribution in [0.5, 0.6) is 0 Å². The molecule has 3 N–H and O–H groups in total. The first-order valence-electron chi connectivity index (χ1n) is 8.43. The summed E-state index contributed by atoms with van der Waals surface area (Å²) in [6.45, 7) is 5.52. The number of nitrogens with zero attached hydrogens (tertiary/aromatic N) is 2. The Morgan fingerprint density at radius 3 is 2.64 bits per heavy atom. The Balaban J connectivity index is 2.33. The monoisotopic (exact) mass is 360 g/mol. The van der Waals surface area contributed by atoms with Crippen molar-refractivity contribution in [1.29, 1.82) is 5.26 Å². The van der Waals surface area contributed by atoms with E-state index in [-0.39, 0.29) is 17.0 Å². The van der Waals surface area contributed by atoms with Crippen LogP contribution in [-0.4, -0.2) is 44.4 Å². The Bertz CT molecular complexity index is 810. The van der Waals surface area contributed by atoms with Crippen molar-refractivity contribution < 1.29 is 8.42 Å². The first-order chi connectivity index (χ1) is 11.9. The maximum absolute atomic E-state index is 12.8. The second-order valence-electron chi connectivity index (χ2n) is 6.11. The predicted octanol–water partition coefficient (Wildman–Crippen LogP) is 1.02. The molecule has 0 spiro atoms. The second-order valence-corrected chi connectivity index (χ2v) is 8.05. The molecule has 1 aliphatic rings. The quantitative estimate of drug-likeness (QED) is 0.781. The van der Waals surface area contributed by atoms with Crippen molar-refractivity contribution in [3.8, 4) is 17.9 Å². The average Bonchev–Trinajstić information content (AvgIpc) is 2.60. The summed E-state index contributed by atoms with van der Waals surface area (Å²) in [5.41, 5.74) is 6.66. The molecule has 0 saturated carbocycles. The number of nitrogens with one attached hydrogen (secondary N) is 1. The maximum Gasteiger partial charge on any atom is 0.243 e. The van der Waals surface area contributed by atoms with E-state index >= 15 is 0 Å². The van der Waals surface area contributed by atoms with E-state index in [1.807, 2.05) is 13.8 Å². The van der Waals surface area contributed by atoms with E-state index in [2.05, 4.69) is 23.2 Å². The van der Waals surface area contributed by atoms with Gasteiger partial charge in [0.25, 0.3) is 0 Å². The first kappa shape index (κ1) is 19.4. The number of benzene rings is 1. The van der Waals surface area contributed by atoms with Gasteiger partial charge in [0.2, 0.25) is 10.0 Å². The van der Waals surface area contributed by atoms with Crippen molar-refractivity contribution in [1.82, 2.24) is 9.62 Å². The van der Waals surface area contributed by atoms with Gasteiger partial charge < -0.3 is 11.1 Å². The zero-order valence-electron chi connectivity index (χ0n) is 14.6. The summed E-state index contributed by atoms with van der Waals surface area (Å²) in [6.07, 6.45) is 1.31. The summed E-state index contributed by atoms with van der Waals surface area (Å²) in [4.78, 5) is 0.169. The number of nitriles is 1. The fourth-order valence-electron chi connectivity index (χ4n) is 2.69. The Morgan fingerprint density at radius 1 is 1.36 bits per heavy atom. The molecule has 7 heteroatoms. The molecule has 1 heterocycles. The van der Waals surface area contributed by atoms with Crippen molar-refractivity contribution in [2.75, 3.05) is 19.6 Å². The first-order valence-corrected chi connectivity index (χ1v) is 9.87. The van der Waals surface area contributed by atoms with E-state index in [9.17, 15) is 13.7 Å². The van der Waals surface area contributed by atoms with Crippen LogP contribution in [0.15, 0.2) is 23.1 Å². The third-order valence-electron chi connectivity index (χ3n) is 4.18. The lowest BCUT2D eigenvalue weighted by Crippen LogP contribution is -2.42. The highest BCUT2D eigenvalue weighted by atomic mass is 32.2. The number of hydrogen-bond acceptors (Lipinski definition) is 5. The van der Waals surface area contributed by atoms with Gasteiger partial charge in [0, 0.05) is 24.7 Å². The van der Waals surface area contributed by atoms with Gasteiger partial charge in [-0.25, -0.2) is 8.42 Å². The third kappa shape index (κ3) is 4.81. The van der Waals surface area contributed by atoms with E-state index < -0.39 is 10.0 Å². The number of piperidine rings is 1. The van der Waals surface area contributed by atoms with Gasteiger partial charge in [-0.2, -0.15) is 9.57 Å². The fraction of sp³-hybridized carbons (Fsp3) is 0.500. The molecule has 6 nitrogen and oxygen atoms in total. The Labute approximate surface area is 150 Å². The van der Waals surface area contributed by atoms with Crippen LogP contribution in [0.1, 0.15) is 37.8 Å². The molecule has 1 fully saturated rings. The summed E-state index contributed by atoms with van der Waals surface area (Å²) in [7, 11) is -3.60. The maximum atomic E-state index is 12.8. The van der Waals surface area contributed by atoms with E-state index in [1.54, 1.807) is 0 Å². The molecule has 0 radical (unpaired) electrons. The fourth-order valence-corrected chi connectivity index (χ4v) is 4.19. The molecule has 134 valence electrons. The lowest BCUT2D eigenvalue weighted by atomic mass is 10.1. The Kier molecular flexibility index (Phi) is 6.57. The zero-order chi connectivity index (χ0) is 18.4. The molecule has 1 unspecified atom stereocenters. The molecule has 1 aliphatic heterocycles. The van der Waals surface area contributed by atoms with Crippen LogP contribution in [-0.2, 0) is 10.0 Å². The number of rotatable bonds is 4. The van der Waals surface area contributed by atoms with Crippen LogP contribution < -0.4 is 11.1 Å². The highest BCUT2D eigenvalue weighted by molar-refractivity contribution is 7.89.